The molecular formula is C13H21NO4. The molecule has 0 aromatic carbocycles. The molecule has 0 unspecified atom stereocenters. The van der Waals surface area contributed by atoms with Gasteiger partial charge in [0.15, 0.2) is 0 Å². The zero-order valence-electron chi connectivity index (χ0n) is 10.5. The molecule has 3 N–H and O–H groups in total. The Bertz CT molecular complexity index is 338. The molecule has 2 rings (SSSR count). The van der Waals surface area contributed by atoms with Crippen LogP contribution < -0.4 is 5.32 Å². The lowest BCUT2D eigenvalue weighted by Crippen LogP contribution is -2.38. The summed E-state index contributed by atoms with van der Waals surface area (Å²) in [6.07, 6.45) is 4.91. The van der Waals surface area contributed by atoms with E-state index in [1.807, 2.05) is 0 Å². The predicted octanol–water partition coefficient (Wildman–Crippen LogP) is 0.766. The highest BCUT2D eigenvalue weighted by Gasteiger charge is 2.43. The molecule has 102 valence electrons. The van der Waals surface area contributed by atoms with Crippen LogP contribution in [-0.2, 0) is 9.59 Å². The Kier molecular flexibility index (Phi) is 3.90. The highest BCUT2D eigenvalue weighted by Crippen LogP contribution is 2.48. The van der Waals surface area contributed by atoms with Crippen LogP contribution in [0.25, 0.3) is 0 Å². The average molecular weight is 255 g/mol. The van der Waals surface area contributed by atoms with Crippen molar-refractivity contribution in [2.75, 3.05) is 13.2 Å². The van der Waals surface area contributed by atoms with E-state index in [4.69, 9.17) is 10.2 Å². The van der Waals surface area contributed by atoms with E-state index in [0.29, 0.717) is 19.4 Å². The summed E-state index contributed by atoms with van der Waals surface area (Å²) in [6, 6.07) is 0. The Morgan fingerprint density at radius 1 is 1.22 bits per heavy atom. The van der Waals surface area contributed by atoms with Gasteiger partial charge in [-0.1, -0.05) is 6.42 Å². The monoisotopic (exact) mass is 255 g/mol. The minimum atomic E-state index is -0.857. The minimum Gasteiger partial charge on any atom is -0.481 e. The van der Waals surface area contributed by atoms with E-state index in [2.05, 4.69) is 5.32 Å². The first-order valence-corrected chi connectivity index (χ1v) is 6.69. The van der Waals surface area contributed by atoms with Gasteiger partial charge in [-0.05, 0) is 37.5 Å². The van der Waals surface area contributed by atoms with Crippen LogP contribution in [0.15, 0.2) is 0 Å². The van der Waals surface area contributed by atoms with E-state index < -0.39 is 11.9 Å². The first kappa shape index (κ1) is 13.3. The molecular weight excluding hydrogens is 234 g/mol. The number of carboxylic acids is 1. The lowest BCUT2D eigenvalue weighted by molar-refractivity contribution is -0.146. The van der Waals surface area contributed by atoms with E-state index in [9.17, 15) is 9.59 Å². The number of rotatable bonds is 6. The molecule has 5 nitrogen and oxygen atoms in total. The lowest BCUT2D eigenvalue weighted by Gasteiger charge is -2.19. The number of aliphatic hydroxyl groups is 1. The van der Waals surface area contributed by atoms with Crippen LogP contribution in [0, 0.1) is 17.3 Å². The maximum atomic E-state index is 12.0. The smallest absolute Gasteiger partial charge is 0.307 e. The summed E-state index contributed by atoms with van der Waals surface area (Å²) < 4.78 is 0. The number of carbonyl (C=O) groups excluding carboxylic acids is 1. The van der Waals surface area contributed by atoms with E-state index >= 15 is 0 Å². The summed E-state index contributed by atoms with van der Waals surface area (Å²) in [6.45, 7) is 0.728. The number of aliphatic hydroxyl groups excluding tert-OH is 1. The van der Waals surface area contributed by atoms with E-state index in [1.165, 1.54) is 0 Å². The predicted molar refractivity (Wildman–Crippen MR) is 64.8 cm³/mol. The molecule has 1 amide bonds. The summed E-state index contributed by atoms with van der Waals surface area (Å²) in [5.74, 6) is -1.86. The Morgan fingerprint density at radius 3 is 2.44 bits per heavy atom. The molecule has 5 heteroatoms. The van der Waals surface area contributed by atoms with Crippen molar-refractivity contribution in [1.29, 1.82) is 0 Å². The van der Waals surface area contributed by atoms with Crippen LogP contribution in [0.4, 0.5) is 0 Å². The second-order valence-corrected chi connectivity index (χ2v) is 5.67. The van der Waals surface area contributed by atoms with Crippen molar-refractivity contribution < 1.29 is 19.8 Å². The Hall–Kier alpha value is -1.10. The van der Waals surface area contributed by atoms with Crippen molar-refractivity contribution >= 4 is 11.9 Å². The van der Waals surface area contributed by atoms with Gasteiger partial charge in [-0.2, -0.15) is 0 Å². The highest BCUT2D eigenvalue weighted by atomic mass is 16.4. The van der Waals surface area contributed by atoms with Gasteiger partial charge in [-0.25, -0.2) is 0 Å². The molecule has 2 aliphatic rings. The maximum absolute atomic E-state index is 12.0. The molecule has 0 bridgehead atoms. The third-order valence-electron chi connectivity index (χ3n) is 4.41. The third kappa shape index (κ3) is 2.83. The van der Waals surface area contributed by atoms with Gasteiger partial charge in [0.1, 0.15) is 0 Å². The summed E-state index contributed by atoms with van der Waals surface area (Å²) in [4.78, 5) is 23.0. The molecule has 18 heavy (non-hydrogen) atoms. The lowest BCUT2D eigenvalue weighted by atomic mass is 9.94. The SMILES string of the molecule is O=C(O)[C@H]1CCC[C@H]1C(=O)NCC1(CCO)CC1. The van der Waals surface area contributed by atoms with Crippen molar-refractivity contribution in [3.63, 3.8) is 0 Å². The fourth-order valence-electron chi connectivity index (χ4n) is 2.90. The number of nitrogens with one attached hydrogen (secondary N) is 1. The molecule has 0 spiro atoms. The molecule has 2 aliphatic carbocycles. The van der Waals surface area contributed by atoms with Crippen LogP contribution in [0.3, 0.4) is 0 Å². The first-order chi connectivity index (χ1) is 8.58. The first-order valence-electron chi connectivity index (χ1n) is 6.69. The normalized spacial score (nSPS) is 28.9. The summed E-state index contributed by atoms with van der Waals surface area (Å²) >= 11 is 0. The zero-order chi connectivity index (χ0) is 13.2. The van der Waals surface area contributed by atoms with E-state index in [-0.39, 0.29) is 23.8 Å². The van der Waals surface area contributed by atoms with Gasteiger partial charge in [0, 0.05) is 13.2 Å². The summed E-state index contributed by atoms with van der Waals surface area (Å²) in [5, 5.41) is 20.9. The molecule has 0 aliphatic heterocycles. The highest BCUT2D eigenvalue weighted by molar-refractivity contribution is 5.85. The van der Waals surface area contributed by atoms with Crippen molar-refractivity contribution in [1.82, 2.24) is 5.32 Å². The standard InChI is InChI=1S/C13H21NO4/c15-7-6-13(4-5-13)8-14-11(16)9-2-1-3-10(9)12(17)18/h9-10,15H,1-8H2,(H,14,16)(H,17,18)/t9-,10+/m1/s1. The molecule has 0 saturated heterocycles. The largest absolute Gasteiger partial charge is 0.481 e. The molecule has 0 aromatic heterocycles. The van der Waals surface area contributed by atoms with Crippen LogP contribution >= 0.6 is 0 Å². The van der Waals surface area contributed by atoms with Crippen LogP contribution in [0.1, 0.15) is 38.5 Å². The Balaban J connectivity index is 1.83. The second-order valence-electron chi connectivity index (χ2n) is 5.67. The topological polar surface area (TPSA) is 86.6 Å². The average Bonchev–Trinajstić information content (AvgIpc) is 2.92. The van der Waals surface area contributed by atoms with E-state index in [1.54, 1.807) is 0 Å². The number of carboxylic acid groups (broad SMARTS) is 1. The molecule has 2 atom stereocenters. The van der Waals surface area contributed by atoms with Crippen molar-refractivity contribution in [3.05, 3.63) is 0 Å². The van der Waals surface area contributed by atoms with Gasteiger partial charge >= 0.3 is 5.97 Å². The number of aliphatic carboxylic acids is 1. The van der Waals surface area contributed by atoms with Gasteiger partial charge in [0.2, 0.25) is 5.91 Å². The molecule has 0 aromatic rings. The van der Waals surface area contributed by atoms with Crippen LogP contribution in [0.5, 0.6) is 0 Å². The molecule has 2 saturated carbocycles. The van der Waals surface area contributed by atoms with Crippen molar-refractivity contribution in [3.8, 4) is 0 Å². The number of hydrogen-bond acceptors (Lipinski definition) is 3. The van der Waals surface area contributed by atoms with Crippen molar-refractivity contribution in [2.24, 2.45) is 17.3 Å². The van der Waals surface area contributed by atoms with Crippen molar-refractivity contribution in [2.45, 2.75) is 38.5 Å². The molecule has 2 fully saturated rings. The van der Waals surface area contributed by atoms with Gasteiger partial charge in [-0.3, -0.25) is 9.59 Å². The van der Waals surface area contributed by atoms with Gasteiger partial charge in [0.25, 0.3) is 0 Å². The fraction of sp³-hybridized carbons (Fsp3) is 0.846. The van der Waals surface area contributed by atoms with Crippen LogP contribution in [-0.4, -0.2) is 35.2 Å². The van der Waals surface area contributed by atoms with Gasteiger partial charge in [0.05, 0.1) is 11.8 Å². The summed E-state index contributed by atoms with van der Waals surface area (Å²) in [5.41, 5.74) is 0.0851. The quantitative estimate of drug-likeness (QED) is 0.654. The molecule has 0 radical (unpaired) electrons. The van der Waals surface area contributed by atoms with Crippen LogP contribution in [0.2, 0.25) is 0 Å². The number of hydrogen-bond donors (Lipinski definition) is 3. The number of amides is 1. The zero-order valence-corrected chi connectivity index (χ0v) is 10.5. The van der Waals surface area contributed by atoms with Gasteiger partial charge in [-0.15, -0.1) is 0 Å². The Labute approximate surface area is 107 Å². The summed E-state index contributed by atoms with van der Waals surface area (Å²) in [7, 11) is 0. The maximum Gasteiger partial charge on any atom is 0.307 e. The fourth-order valence-corrected chi connectivity index (χ4v) is 2.90. The second kappa shape index (κ2) is 5.26. The minimum absolute atomic E-state index is 0.0851. The third-order valence-corrected chi connectivity index (χ3v) is 4.41. The Morgan fingerprint density at radius 2 is 1.89 bits per heavy atom. The molecule has 0 heterocycles. The van der Waals surface area contributed by atoms with Gasteiger partial charge < -0.3 is 15.5 Å². The number of carbonyl (C=O) groups is 2. The van der Waals surface area contributed by atoms with E-state index in [0.717, 1.165) is 25.7 Å².